The number of hydrogen-bond donors (Lipinski definition) is 0. The van der Waals surface area contributed by atoms with Crippen molar-refractivity contribution in [3.63, 3.8) is 0 Å². The molecular formula is C16H23BrO2. The third kappa shape index (κ3) is 5.77. The first kappa shape index (κ1) is 16.2. The Morgan fingerprint density at radius 1 is 1.26 bits per heavy atom. The smallest absolute Gasteiger partial charge is 0.311 e. The molecular weight excluding hydrogens is 304 g/mol. The molecule has 0 aromatic heterocycles. The number of rotatable bonds is 7. The summed E-state index contributed by atoms with van der Waals surface area (Å²) in [5, 5.41) is 0. The number of unbranched alkanes of at least 4 members (excludes halogenated alkanes) is 2. The molecule has 0 saturated heterocycles. The van der Waals surface area contributed by atoms with E-state index in [1.807, 2.05) is 19.9 Å². The zero-order chi connectivity index (χ0) is 14.3. The van der Waals surface area contributed by atoms with Gasteiger partial charge in [-0.25, -0.2) is 0 Å². The predicted octanol–water partition coefficient (Wildman–Crippen LogP) is 4.75. The van der Waals surface area contributed by atoms with Gasteiger partial charge >= 0.3 is 5.97 Å². The number of benzene rings is 1. The summed E-state index contributed by atoms with van der Waals surface area (Å²) < 4.78 is 5.95. The van der Waals surface area contributed by atoms with Crippen LogP contribution >= 0.6 is 15.9 Å². The van der Waals surface area contributed by atoms with Gasteiger partial charge in [0.25, 0.3) is 0 Å². The predicted molar refractivity (Wildman–Crippen MR) is 82.1 cm³/mol. The Hall–Kier alpha value is -0.830. The van der Waals surface area contributed by atoms with Crippen molar-refractivity contribution >= 4 is 21.9 Å². The van der Waals surface area contributed by atoms with Gasteiger partial charge in [-0.05, 0) is 50.8 Å². The fraction of sp³-hybridized carbons (Fsp3) is 0.562. The molecule has 19 heavy (non-hydrogen) atoms. The normalized spacial score (nSPS) is 11.4. The van der Waals surface area contributed by atoms with Crippen molar-refractivity contribution in [2.75, 3.05) is 7.11 Å². The lowest BCUT2D eigenvalue weighted by molar-refractivity contribution is -0.151. The molecule has 0 heterocycles. The minimum atomic E-state index is -0.357. The van der Waals surface area contributed by atoms with E-state index < -0.39 is 0 Å². The molecule has 0 aliphatic carbocycles. The lowest BCUT2D eigenvalue weighted by atomic mass is 9.87. The highest BCUT2D eigenvalue weighted by Gasteiger charge is 2.27. The van der Waals surface area contributed by atoms with E-state index in [4.69, 9.17) is 4.74 Å². The molecule has 0 aliphatic heterocycles. The van der Waals surface area contributed by atoms with Crippen LogP contribution < -0.4 is 0 Å². The van der Waals surface area contributed by atoms with Crippen molar-refractivity contribution < 1.29 is 9.53 Å². The van der Waals surface area contributed by atoms with Crippen molar-refractivity contribution in [1.82, 2.24) is 0 Å². The maximum absolute atomic E-state index is 11.5. The van der Waals surface area contributed by atoms with Gasteiger partial charge in [-0.15, -0.1) is 0 Å². The average Bonchev–Trinajstić information content (AvgIpc) is 2.37. The molecule has 0 bridgehead atoms. The number of hydrogen-bond acceptors (Lipinski definition) is 2. The second-order valence-electron chi connectivity index (χ2n) is 5.57. The Bertz CT molecular complexity index is 413. The molecule has 1 aromatic rings. The maximum atomic E-state index is 11.5. The van der Waals surface area contributed by atoms with Crippen molar-refractivity contribution in [2.24, 2.45) is 5.41 Å². The van der Waals surface area contributed by atoms with Crippen molar-refractivity contribution in [3.05, 3.63) is 34.3 Å². The standard InChI is InChI=1S/C16H23BrO2/c1-16(2,15(18)19-3)11-6-4-5-8-13-9-7-10-14(17)12-13/h7,9-10,12H,4-6,8,11H2,1-3H3. The third-order valence-corrected chi connectivity index (χ3v) is 3.89. The molecule has 0 unspecified atom stereocenters. The van der Waals surface area contributed by atoms with Gasteiger partial charge in [0.05, 0.1) is 12.5 Å². The van der Waals surface area contributed by atoms with Crippen LogP contribution in [-0.2, 0) is 16.0 Å². The molecule has 0 spiro atoms. The highest BCUT2D eigenvalue weighted by molar-refractivity contribution is 9.10. The SMILES string of the molecule is COC(=O)C(C)(C)CCCCCc1cccc(Br)c1. The van der Waals surface area contributed by atoms with Gasteiger partial charge in [-0.3, -0.25) is 4.79 Å². The van der Waals surface area contributed by atoms with E-state index in [2.05, 4.69) is 34.1 Å². The van der Waals surface area contributed by atoms with Crippen LogP contribution in [0.3, 0.4) is 0 Å². The number of ether oxygens (including phenoxy) is 1. The molecule has 0 aliphatic rings. The Kier molecular flexibility index (Phi) is 6.56. The largest absolute Gasteiger partial charge is 0.469 e. The summed E-state index contributed by atoms with van der Waals surface area (Å²) >= 11 is 3.48. The van der Waals surface area contributed by atoms with Crippen molar-refractivity contribution in [1.29, 1.82) is 0 Å². The minimum absolute atomic E-state index is 0.112. The molecule has 0 radical (unpaired) electrons. The number of esters is 1. The highest BCUT2D eigenvalue weighted by atomic mass is 79.9. The molecule has 0 saturated carbocycles. The van der Waals surface area contributed by atoms with E-state index >= 15 is 0 Å². The highest BCUT2D eigenvalue weighted by Crippen LogP contribution is 2.25. The Labute approximate surface area is 124 Å². The molecule has 2 nitrogen and oxygen atoms in total. The fourth-order valence-electron chi connectivity index (χ4n) is 2.14. The summed E-state index contributed by atoms with van der Waals surface area (Å²) in [5.41, 5.74) is 1.01. The minimum Gasteiger partial charge on any atom is -0.469 e. The van der Waals surface area contributed by atoms with Gasteiger partial charge in [0.15, 0.2) is 0 Å². The third-order valence-electron chi connectivity index (χ3n) is 3.39. The van der Waals surface area contributed by atoms with Crippen LogP contribution in [0.1, 0.15) is 45.1 Å². The molecule has 0 atom stereocenters. The lowest BCUT2D eigenvalue weighted by Gasteiger charge is -2.20. The maximum Gasteiger partial charge on any atom is 0.311 e. The van der Waals surface area contributed by atoms with E-state index in [0.29, 0.717) is 0 Å². The zero-order valence-corrected chi connectivity index (χ0v) is 13.6. The zero-order valence-electron chi connectivity index (χ0n) is 12.0. The Morgan fingerprint density at radius 2 is 2.00 bits per heavy atom. The van der Waals surface area contributed by atoms with Crippen molar-refractivity contribution in [3.8, 4) is 0 Å². The van der Waals surface area contributed by atoms with E-state index in [9.17, 15) is 4.79 Å². The van der Waals surface area contributed by atoms with Gasteiger partial charge in [0.2, 0.25) is 0 Å². The molecule has 0 N–H and O–H groups in total. The summed E-state index contributed by atoms with van der Waals surface area (Å²) in [5.74, 6) is -0.112. The van der Waals surface area contributed by atoms with E-state index in [-0.39, 0.29) is 11.4 Å². The topological polar surface area (TPSA) is 26.3 Å². The lowest BCUT2D eigenvalue weighted by Crippen LogP contribution is -2.25. The second-order valence-corrected chi connectivity index (χ2v) is 6.48. The van der Waals surface area contributed by atoms with Gasteiger partial charge in [0, 0.05) is 4.47 Å². The van der Waals surface area contributed by atoms with E-state index in [0.717, 1.165) is 36.6 Å². The summed E-state index contributed by atoms with van der Waals surface area (Å²) in [6.45, 7) is 3.90. The van der Waals surface area contributed by atoms with Gasteiger partial charge in [-0.2, -0.15) is 0 Å². The van der Waals surface area contributed by atoms with Crippen LogP contribution in [0, 0.1) is 5.41 Å². The van der Waals surface area contributed by atoms with Gasteiger partial charge < -0.3 is 4.74 Å². The van der Waals surface area contributed by atoms with Crippen LogP contribution in [0.15, 0.2) is 28.7 Å². The van der Waals surface area contributed by atoms with E-state index in [1.165, 1.54) is 12.7 Å². The van der Waals surface area contributed by atoms with E-state index in [1.54, 1.807) is 0 Å². The monoisotopic (exact) mass is 326 g/mol. The Balaban J connectivity index is 2.23. The van der Waals surface area contributed by atoms with Gasteiger partial charge in [-0.1, -0.05) is 40.9 Å². The fourth-order valence-corrected chi connectivity index (χ4v) is 2.59. The first-order chi connectivity index (χ1) is 8.95. The van der Waals surface area contributed by atoms with Crippen LogP contribution in [-0.4, -0.2) is 13.1 Å². The molecule has 0 amide bonds. The van der Waals surface area contributed by atoms with Crippen LogP contribution in [0.2, 0.25) is 0 Å². The first-order valence-corrected chi connectivity index (χ1v) is 7.58. The van der Waals surface area contributed by atoms with Crippen LogP contribution in [0.5, 0.6) is 0 Å². The summed E-state index contributed by atoms with van der Waals surface area (Å²) in [4.78, 5) is 11.5. The molecule has 3 heteroatoms. The Morgan fingerprint density at radius 3 is 2.63 bits per heavy atom. The quantitative estimate of drug-likeness (QED) is 0.533. The van der Waals surface area contributed by atoms with Crippen LogP contribution in [0.25, 0.3) is 0 Å². The summed E-state index contributed by atoms with van der Waals surface area (Å²) in [6.07, 6.45) is 5.35. The average molecular weight is 327 g/mol. The number of carbonyl (C=O) groups is 1. The second kappa shape index (κ2) is 7.68. The number of methoxy groups -OCH3 is 1. The number of aryl methyl sites for hydroxylation is 1. The summed E-state index contributed by atoms with van der Waals surface area (Å²) in [6, 6.07) is 8.43. The number of halogens is 1. The van der Waals surface area contributed by atoms with Crippen LogP contribution in [0.4, 0.5) is 0 Å². The molecule has 106 valence electrons. The van der Waals surface area contributed by atoms with Gasteiger partial charge in [0.1, 0.15) is 0 Å². The molecule has 1 rings (SSSR count). The first-order valence-electron chi connectivity index (χ1n) is 6.78. The number of carbonyl (C=O) groups excluding carboxylic acids is 1. The molecule has 0 fully saturated rings. The summed E-state index contributed by atoms with van der Waals surface area (Å²) in [7, 11) is 1.46. The molecule has 1 aromatic carbocycles. The van der Waals surface area contributed by atoms with Crippen molar-refractivity contribution in [2.45, 2.75) is 46.0 Å².